The van der Waals surface area contributed by atoms with Crippen LogP contribution >= 0.6 is 31.9 Å². The molecule has 0 aliphatic rings. The van der Waals surface area contributed by atoms with Gasteiger partial charge in [-0.15, -0.1) is 0 Å². The number of carbonyl (C=O) groups is 1. The number of carbonyl (C=O) groups excluding carboxylic acids is 1. The number of phenolic OH excluding ortho intramolecular Hbond substituents is 1. The molecule has 1 aromatic carbocycles. The highest BCUT2D eigenvalue weighted by Crippen LogP contribution is 2.35. The zero-order valence-corrected chi connectivity index (χ0v) is 12.7. The van der Waals surface area contributed by atoms with E-state index in [1.165, 1.54) is 12.3 Å². The Morgan fingerprint density at radius 2 is 2.00 bits per heavy atom. The average molecular weight is 387 g/mol. The predicted octanol–water partition coefficient (Wildman–Crippen LogP) is 4.16. The minimum absolute atomic E-state index is 0.0872. The summed E-state index contributed by atoms with van der Waals surface area (Å²) in [6.45, 7) is 0. The number of halogens is 2. The van der Waals surface area contributed by atoms with Crippen molar-refractivity contribution in [3.63, 3.8) is 0 Å². The van der Waals surface area contributed by atoms with Gasteiger partial charge in [-0.3, -0.25) is 4.79 Å². The fraction of sp³-hybridized carbons (Fsp3) is 0. The van der Waals surface area contributed by atoms with Crippen molar-refractivity contribution >= 4 is 49.5 Å². The lowest BCUT2D eigenvalue weighted by molar-refractivity contribution is -0.111. The lowest BCUT2D eigenvalue weighted by Crippen LogP contribution is -2.07. The van der Waals surface area contributed by atoms with Gasteiger partial charge in [-0.1, -0.05) is 0 Å². The molecule has 6 heteroatoms. The van der Waals surface area contributed by atoms with E-state index in [2.05, 4.69) is 37.2 Å². The molecule has 0 bridgehead atoms. The van der Waals surface area contributed by atoms with Gasteiger partial charge < -0.3 is 14.8 Å². The molecule has 1 aromatic heterocycles. The van der Waals surface area contributed by atoms with E-state index in [1.807, 2.05) is 0 Å². The summed E-state index contributed by atoms with van der Waals surface area (Å²) in [7, 11) is 0. The maximum absolute atomic E-state index is 11.7. The van der Waals surface area contributed by atoms with Crippen LogP contribution in [-0.2, 0) is 4.79 Å². The Morgan fingerprint density at radius 3 is 2.58 bits per heavy atom. The highest BCUT2D eigenvalue weighted by atomic mass is 79.9. The second-order valence-electron chi connectivity index (χ2n) is 3.63. The molecule has 0 fully saturated rings. The molecule has 19 heavy (non-hydrogen) atoms. The van der Waals surface area contributed by atoms with Crippen LogP contribution in [0.2, 0.25) is 0 Å². The fourth-order valence-corrected chi connectivity index (χ4v) is 2.55. The lowest BCUT2D eigenvalue weighted by atomic mass is 10.3. The molecule has 98 valence electrons. The molecule has 0 spiro atoms. The Hall–Kier alpha value is -1.53. The van der Waals surface area contributed by atoms with Gasteiger partial charge in [0.2, 0.25) is 5.91 Å². The third-order valence-electron chi connectivity index (χ3n) is 2.23. The summed E-state index contributed by atoms with van der Waals surface area (Å²) < 4.78 is 6.06. The van der Waals surface area contributed by atoms with E-state index in [-0.39, 0.29) is 11.7 Å². The van der Waals surface area contributed by atoms with E-state index < -0.39 is 0 Å². The second kappa shape index (κ2) is 6.08. The first-order chi connectivity index (χ1) is 9.06. The van der Waals surface area contributed by atoms with Crippen LogP contribution < -0.4 is 5.32 Å². The minimum Gasteiger partial charge on any atom is -0.506 e. The second-order valence-corrected chi connectivity index (χ2v) is 5.34. The number of anilines is 1. The van der Waals surface area contributed by atoms with Crippen LogP contribution in [0.3, 0.4) is 0 Å². The number of hydrogen-bond acceptors (Lipinski definition) is 3. The van der Waals surface area contributed by atoms with Crippen molar-refractivity contribution in [3.05, 3.63) is 51.3 Å². The van der Waals surface area contributed by atoms with E-state index in [0.29, 0.717) is 20.4 Å². The number of aromatic hydroxyl groups is 1. The zero-order valence-electron chi connectivity index (χ0n) is 9.56. The lowest BCUT2D eigenvalue weighted by Gasteiger charge is -2.06. The molecule has 0 aliphatic heterocycles. The number of furan rings is 1. The normalized spacial score (nSPS) is 10.8. The van der Waals surface area contributed by atoms with Gasteiger partial charge in [-0.2, -0.15) is 0 Å². The zero-order chi connectivity index (χ0) is 13.8. The van der Waals surface area contributed by atoms with Crippen LogP contribution in [0.5, 0.6) is 5.75 Å². The molecular weight excluding hydrogens is 378 g/mol. The number of rotatable bonds is 3. The first-order valence-electron chi connectivity index (χ1n) is 5.27. The largest absolute Gasteiger partial charge is 0.506 e. The molecule has 2 rings (SSSR count). The minimum atomic E-state index is -0.291. The molecule has 2 aromatic rings. The van der Waals surface area contributed by atoms with Gasteiger partial charge in [-0.25, -0.2) is 0 Å². The Labute approximate surface area is 126 Å². The van der Waals surface area contributed by atoms with Gasteiger partial charge in [0, 0.05) is 11.8 Å². The van der Waals surface area contributed by atoms with E-state index in [1.54, 1.807) is 30.3 Å². The van der Waals surface area contributed by atoms with E-state index in [9.17, 15) is 9.90 Å². The van der Waals surface area contributed by atoms with Crippen molar-refractivity contribution in [1.82, 2.24) is 0 Å². The molecule has 0 unspecified atom stereocenters. The Morgan fingerprint density at radius 1 is 1.32 bits per heavy atom. The molecule has 1 heterocycles. The smallest absolute Gasteiger partial charge is 0.248 e. The quantitative estimate of drug-likeness (QED) is 0.614. The number of amides is 1. The summed E-state index contributed by atoms with van der Waals surface area (Å²) in [6, 6.07) is 6.71. The maximum Gasteiger partial charge on any atom is 0.248 e. The van der Waals surface area contributed by atoms with E-state index in [0.717, 1.165) is 0 Å². The highest BCUT2D eigenvalue weighted by molar-refractivity contribution is 9.11. The molecule has 4 nitrogen and oxygen atoms in total. The van der Waals surface area contributed by atoms with Crippen molar-refractivity contribution in [1.29, 1.82) is 0 Å². The third kappa shape index (κ3) is 3.71. The van der Waals surface area contributed by atoms with Crippen molar-refractivity contribution in [2.75, 3.05) is 5.32 Å². The van der Waals surface area contributed by atoms with Crippen LogP contribution in [-0.4, -0.2) is 11.0 Å². The van der Waals surface area contributed by atoms with Crippen LogP contribution in [0.4, 0.5) is 5.69 Å². The van der Waals surface area contributed by atoms with E-state index >= 15 is 0 Å². The van der Waals surface area contributed by atoms with Gasteiger partial charge >= 0.3 is 0 Å². The van der Waals surface area contributed by atoms with Gasteiger partial charge in [0.15, 0.2) is 0 Å². The number of hydrogen-bond donors (Lipinski definition) is 2. The highest BCUT2D eigenvalue weighted by Gasteiger charge is 2.07. The molecule has 2 N–H and O–H groups in total. The van der Waals surface area contributed by atoms with Crippen LogP contribution in [0.25, 0.3) is 6.08 Å². The molecule has 0 aliphatic carbocycles. The fourth-order valence-electron chi connectivity index (χ4n) is 1.37. The standard InChI is InChI=1S/C13H9Br2NO3/c14-10-6-8(7-11(15)13(10)18)16-12(17)4-3-9-2-1-5-19-9/h1-7,18H,(H,16,17)/b4-3-. The third-order valence-corrected chi connectivity index (χ3v) is 3.44. The monoisotopic (exact) mass is 385 g/mol. The number of phenols is 1. The molecule has 0 saturated heterocycles. The van der Waals surface area contributed by atoms with Gasteiger partial charge in [0.1, 0.15) is 11.5 Å². The first-order valence-corrected chi connectivity index (χ1v) is 6.85. The molecular formula is C13H9Br2NO3. The van der Waals surface area contributed by atoms with Crippen LogP contribution in [0.1, 0.15) is 5.76 Å². The van der Waals surface area contributed by atoms with Gasteiger partial charge in [0.05, 0.1) is 15.2 Å². The van der Waals surface area contributed by atoms with Gasteiger partial charge in [-0.05, 0) is 62.2 Å². The van der Waals surface area contributed by atoms with Crippen LogP contribution in [0, 0.1) is 0 Å². The summed E-state index contributed by atoms with van der Waals surface area (Å²) >= 11 is 6.39. The maximum atomic E-state index is 11.7. The molecule has 0 saturated carbocycles. The molecule has 0 radical (unpaired) electrons. The SMILES string of the molecule is O=C(/C=C\c1ccco1)Nc1cc(Br)c(O)c(Br)c1. The van der Waals surface area contributed by atoms with Crippen molar-refractivity contribution < 1.29 is 14.3 Å². The summed E-state index contributed by atoms with van der Waals surface area (Å²) in [5, 5.41) is 12.2. The summed E-state index contributed by atoms with van der Waals surface area (Å²) in [5.41, 5.74) is 0.561. The Balaban J connectivity index is 2.07. The summed E-state index contributed by atoms with van der Waals surface area (Å²) in [5.74, 6) is 0.397. The first kappa shape index (κ1) is 13.9. The van der Waals surface area contributed by atoms with E-state index in [4.69, 9.17) is 4.42 Å². The average Bonchev–Trinajstić information content (AvgIpc) is 2.86. The molecule has 1 amide bonds. The van der Waals surface area contributed by atoms with Crippen molar-refractivity contribution in [3.8, 4) is 5.75 Å². The Bertz CT molecular complexity index is 598. The summed E-state index contributed by atoms with van der Waals surface area (Å²) in [4.78, 5) is 11.7. The number of benzene rings is 1. The van der Waals surface area contributed by atoms with Crippen LogP contribution in [0.15, 0.2) is 50.0 Å². The van der Waals surface area contributed by atoms with Crippen molar-refractivity contribution in [2.24, 2.45) is 0 Å². The predicted molar refractivity (Wildman–Crippen MR) is 79.9 cm³/mol. The topological polar surface area (TPSA) is 62.5 Å². The van der Waals surface area contributed by atoms with Gasteiger partial charge in [0.25, 0.3) is 0 Å². The molecule has 0 atom stereocenters. The Kier molecular flexibility index (Phi) is 4.44. The number of nitrogens with one attached hydrogen (secondary N) is 1. The van der Waals surface area contributed by atoms with Crippen molar-refractivity contribution in [2.45, 2.75) is 0 Å². The summed E-state index contributed by atoms with van der Waals surface area (Å²) in [6.07, 6.45) is 4.47.